The molecule has 1 atom stereocenters. The fourth-order valence-electron chi connectivity index (χ4n) is 7.94. The molecule has 4 bridgehead atoms. The minimum absolute atomic E-state index is 0.0117. The van der Waals surface area contributed by atoms with Crippen molar-refractivity contribution in [2.45, 2.75) is 91.5 Å². The second kappa shape index (κ2) is 11.9. The molecule has 5 nitrogen and oxygen atoms in total. The van der Waals surface area contributed by atoms with Crippen molar-refractivity contribution in [3.05, 3.63) is 35.4 Å². The Morgan fingerprint density at radius 2 is 1.38 bits per heavy atom. The molecule has 37 heavy (non-hydrogen) atoms. The van der Waals surface area contributed by atoms with Crippen LogP contribution in [0.3, 0.4) is 0 Å². The molecule has 1 aromatic rings. The van der Waals surface area contributed by atoms with E-state index >= 15 is 0 Å². The van der Waals surface area contributed by atoms with Gasteiger partial charge in [0, 0.05) is 31.7 Å². The number of hydrogen-bond donors (Lipinski definition) is 2. The zero-order valence-corrected chi connectivity index (χ0v) is 24.2. The first-order valence-electron chi connectivity index (χ1n) is 15.0. The van der Waals surface area contributed by atoms with Gasteiger partial charge in [0.2, 0.25) is 5.91 Å². The van der Waals surface area contributed by atoms with Gasteiger partial charge in [0.1, 0.15) is 6.04 Å². The van der Waals surface area contributed by atoms with Gasteiger partial charge >= 0.3 is 0 Å². The van der Waals surface area contributed by atoms with Crippen molar-refractivity contribution in [2.75, 3.05) is 26.2 Å². The largest absolute Gasteiger partial charge is 0.353 e. The quantitative estimate of drug-likeness (QED) is 0.383. The Kier molecular flexibility index (Phi) is 9.04. The molecule has 4 aliphatic rings. The lowest BCUT2D eigenvalue weighted by molar-refractivity contribution is -0.124. The van der Waals surface area contributed by atoms with E-state index < -0.39 is 6.04 Å². The number of amides is 2. The Hall–Kier alpha value is -1.88. The van der Waals surface area contributed by atoms with E-state index in [0.29, 0.717) is 29.4 Å². The number of nitrogens with zero attached hydrogens (tertiary/aromatic N) is 1. The van der Waals surface area contributed by atoms with Crippen LogP contribution >= 0.6 is 0 Å². The monoisotopic (exact) mass is 509 g/mol. The lowest BCUT2D eigenvalue weighted by Gasteiger charge is -2.57. The predicted molar refractivity (Wildman–Crippen MR) is 152 cm³/mol. The smallest absolute Gasteiger partial charge is 0.251 e. The number of nitrogens with one attached hydrogen (secondary N) is 2. The summed E-state index contributed by atoms with van der Waals surface area (Å²) in [6.45, 7) is 16.4. The van der Waals surface area contributed by atoms with Gasteiger partial charge < -0.3 is 15.5 Å². The van der Waals surface area contributed by atoms with Crippen LogP contribution in [-0.2, 0) is 10.2 Å². The standard InChI is InChI=1S/C32H51N3O2/c1-21(2)19-35(20-22(3)4)12-11-33-31(37)29(23(5)6)34-30(36)27-7-9-28(10-8-27)32-16-24-13-25(17-32)15-26(14-24)18-32/h7-10,21-26,29H,11-20H2,1-6H3,(H,33,37)(H,34,36)/t24?,25?,26?,29-,32?/m0/s1. The van der Waals surface area contributed by atoms with Crippen LogP contribution in [0.5, 0.6) is 0 Å². The fraction of sp³-hybridized carbons (Fsp3) is 0.750. The molecule has 2 amide bonds. The highest BCUT2D eigenvalue weighted by Gasteiger charge is 2.51. The molecule has 4 aliphatic carbocycles. The summed E-state index contributed by atoms with van der Waals surface area (Å²) in [7, 11) is 0. The lowest BCUT2D eigenvalue weighted by atomic mass is 9.48. The van der Waals surface area contributed by atoms with E-state index in [0.717, 1.165) is 37.4 Å². The van der Waals surface area contributed by atoms with Crippen LogP contribution in [0.4, 0.5) is 0 Å². The van der Waals surface area contributed by atoms with Crippen molar-refractivity contribution < 1.29 is 9.59 Å². The predicted octanol–water partition coefficient (Wildman–Crippen LogP) is 5.64. The molecular formula is C32H51N3O2. The average molecular weight is 510 g/mol. The zero-order valence-electron chi connectivity index (χ0n) is 24.2. The Morgan fingerprint density at radius 3 is 1.84 bits per heavy atom. The summed E-state index contributed by atoms with van der Waals surface area (Å²) in [6, 6.07) is 7.82. The van der Waals surface area contributed by atoms with Gasteiger partial charge in [-0.2, -0.15) is 0 Å². The molecule has 2 N–H and O–H groups in total. The lowest BCUT2D eigenvalue weighted by Crippen LogP contribution is -2.51. The second-order valence-electron chi connectivity index (χ2n) is 13.8. The van der Waals surface area contributed by atoms with Gasteiger partial charge in [-0.05, 0) is 97.1 Å². The zero-order chi connectivity index (χ0) is 26.7. The molecule has 5 heteroatoms. The molecule has 1 aromatic carbocycles. The van der Waals surface area contributed by atoms with E-state index in [2.05, 4.69) is 55.4 Å². The molecule has 0 spiro atoms. The Labute approximate surface area is 225 Å². The van der Waals surface area contributed by atoms with Crippen LogP contribution in [0.15, 0.2) is 24.3 Å². The normalized spacial score (nSPS) is 27.4. The summed E-state index contributed by atoms with van der Waals surface area (Å²) in [5.41, 5.74) is 2.41. The molecule has 0 heterocycles. The van der Waals surface area contributed by atoms with Crippen molar-refractivity contribution in [3.63, 3.8) is 0 Å². The highest BCUT2D eigenvalue weighted by atomic mass is 16.2. The van der Waals surface area contributed by atoms with Crippen molar-refractivity contribution in [1.29, 1.82) is 0 Å². The third-order valence-electron chi connectivity index (χ3n) is 9.01. The van der Waals surface area contributed by atoms with E-state index in [9.17, 15) is 9.59 Å². The number of carbonyl (C=O) groups is 2. The SMILES string of the molecule is CC(C)CN(CCNC(=O)[C@@H](NC(=O)c1ccc(C23CC4CC(CC(C4)C2)C3)cc1)C(C)C)CC(C)C. The van der Waals surface area contributed by atoms with Gasteiger partial charge in [-0.15, -0.1) is 0 Å². The van der Waals surface area contributed by atoms with Crippen LogP contribution in [0.25, 0.3) is 0 Å². The summed E-state index contributed by atoms with van der Waals surface area (Å²) in [5, 5.41) is 6.11. The summed E-state index contributed by atoms with van der Waals surface area (Å²) < 4.78 is 0. The van der Waals surface area contributed by atoms with E-state index in [1.54, 1.807) is 0 Å². The summed E-state index contributed by atoms with van der Waals surface area (Å²) in [4.78, 5) is 28.6. The second-order valence-corrected chi connectivity index (χ2v) is 13.8. The van der Waals surface area contributed by atoms with Crippen LogP contribution < -0.4 is 10.6 Å². The van der Waals surface area contributed by atoms with Crippen LogP contribution in [0, 0.1) is 35.5 Å². The first-order chi connectivity index (χ1) is 17.5. The summed E-state index contributed by atoms with van der Waals surface area (Å²) in [5.74, 6) is 3.65. The van der Waals surface area contributed by atoms with Gasteiger partial charge in [0.15, 0.2) is 0 Å². The van der Waals surface area contributed by atoms with Crippen molar-refractivity contribution in [1.82, 2.24) is 15.5 Å². The molecular weight excluding hydrogens is 458 g/mol. The molecule has 206 valence electrons. The third kappa shape index (κ3) is 6.96. The Morgan fingerprint density at radius 1 is 0.865 bits per heavy atom. The highest BCUT2D eigenvalue weighted by molar-refractivity contribution is 5.97. The van der Waals surface area contributed by atoms with E-state index in [-0.39, 0.29) is 17.7 Å². The van der Waals surface area contributed by atoms with Crippen molar-refractivity contribution in [2.24, 2.45) is 35.5 Å². The topological polar surface area (TPSA) is 61.4 Å². The van der Waals surface area contributed by atoms with Crippen molar-refractivity contribution >= 4 is 11.8 Å². The molecule has 0 unspecified atom stereocenters. The third-order valence-corrected chi connectivity index (χ3v) is 9.01. The number of hydrogen-bond acceptors (Lipinski definition) is 3. The van der Waals surface area contributed by atoms with E-state index in [1.807, 2.05) is 26.0 Å². The van der Waals surface area contributed by atoms with Crippen LogP contribution in [0.2, 0.25) is 0 Å². The molecule has 4 saturated carbocycles. The van der Waals surface area contributed by atoms with Gasteiger partial charge in [0.25, 0.3) is 5.91 Å². The average Bonchev–Trinajstić information content (AvgIpc) is 2.80. The number of carbonyl (C=O) groups excluding carboxylic acids is 2. The van der Waals surface area contributed by atoms with E-state index in [1.165, 1.54) is 44.1 Å². The van der Waals surface area contributed by atoms with Crippen molar-refractivity contribution in [3.8, 4) is 0 Å². The minimum Gasteiger partial charge on any atom is -0.353 e. The molecule has 0 radical (unpaired) electrons. The maximum Gasteiger partial charge on any atom is 0.251 e. The first-order valence-corrected chi connectivity index (χ1v) is 15.0. The molecule has 5 rings (SSSR count). The van der Waals surface area contributed by atoms with Crippen LogP contribution in [0.1, 0.15) is 96.0 Å². The molecule has 4 fully saturated rings. The van der Waals surface area contributed by atoms with Gasteiger partial charge in [-0.1, -0.05) is 53.7 Å². The maximum absolute atomic E-state index is 13.1. The highest BCUT2D eigenvalue weighted by Crippen LogP contribution is 2.60. The minimum atomic E-state index is -0.543. The number of benzene rings is 1. The summed E-state index contributed by atoms with van der Waals surface area (Å²) in [6.07, 6.45) is 8.29. The van der Waals surface area contributed by atoms with Gasteiger partial charge in [0.05, 0.1) is 0 Å². The Bertz CT molecular complexity index is 875. The van der Waals surface area contributed by atoms with E-state index in [4.69, 9.17) is 0 Å². The first kappa shape index (κ1) is 28.1. The summed E-state index contributed by atoms with van der Waals surface area (Å²) >= 11 is 0. The molecule has 0 aliphatic heterocycles. The van der Waals surface area contributed by atoms with Gasteiger partial charge in [-0.25, -0.2) is 0 Å². The fourth-order valence-corrected chi connectivity index (χ4v) is 7.94. The van der Waals surface area contributed by atoms with Crippen LogP contribution in [-0.4, -0.2) is 48.9 Å². The Balaban J connectivity index is 1.33. The maximum atomic E-state index is 13.1. The van der Waals surface area contributed by atoms with Gasteiger partial charge in [-0.3, -0.25) is 9.59 Å². The number of rotatable bonds is 12. The molecule has 0 saturated heterocycles. The molecule has 0 aromatic heterocycles.